The molecule has 10 nitrogen and oxygen atoms in total. The number of hydrogen-bond donors (Lipinski definition) is 2. The van der Waals surface area contributed by atoms with E-state index in [1.165, 1.54) is 72.8 Å². The number of rotatable bonds is 9. The van der Waals surface area contributed by atoms with Crippen LogP contribution in [0.4, 0.5) is 21.7 Å². The van der Waals surface area contributed by atoms with Crippen LogP contribution in [0.15, 0.2) is 83.8 Å². The summed E-state index contributed by atoms with van der Waals surface area (Å²) < 4.78 is 67.0. The highest BCUT2D eigenvalue weighted by Crippen LogP contribution is 2.23. The van der Waals surface area contributed by atoms with E-state index in [1.807, 2.05) is 0 Å². The number of aromatic nitrogens is 2. The Morgan fingerprint density at radius 2 is 1.43 bits per heavy atom. The molecule has 0 unspecified atom stereocenters. The first-order valence-corrected chi connectivity index (χ1v) is 15.2. The van der Waals surface area contributed by atoms with E-state index in [0.29, 0.717) is 28.3 Å². The summed E-state index contributed by atoms with van der Waals surface area (Å²) in [5.41, 5.74) is 2.77. The predicted molar refractivity (Wildman–Crippen MR) is 151 cm³/mol. The first-order valence-electron chi connectivity index (χ1n) is 11.9. The maximum absolute atomic E-state index is 13.2. The Morgan fingerprint density at radius 3 is 1.98 bits per heavy atom. The molecule has 3 aromatic carbocycles. The van der Waals surface area contributed by atoms with Crippen LogP contribution in [-0.4, -0.2) is 39.0 Å². The van der Waals surface area contributed by atoms with Crippen LogP contribution in [0, 0.1) is 19.7 Å². The maximum Gasteiger partial charge on any atom is 0.264 e. The average Bonchev–Trinajstić information content (AvgIpc) is 2.87. The second-order valence-electron chi connectivity index (χ2n) is 9.00. The summed E-state index contributed by atoms with van der Waals surface area (Å²) in [5.74, 6) is -0.941. The van der Waals surface area contributed by atoms with Crippen molar-refractivity contribution in [2.75, 3.05) is 20.6 Å². The lowest BCUT2D eigenvalue weighted by Crippen LogP contribution is -2.29. The molecule has 1 aromatic heterocycles. The molecule has 0 spiro atoms. The van der Waals surface area contributed by atoms with Gasteiger partial charge in [0.2, 0.25) is 16.0 Å². The van der Waals surface area contributed by atoms with E-state index < -0.39 is 31.8 Å². The molecule has 0 saturated carbocycles. The SMILES string of the molecule is Cc1cc(C)nc(NS(=O)(=O)c2ccc(NC(=O)c3ccc(N(Cc4ccc(F)cc4)S(C)(=O)=O)cc3)cc2)n1. The summed E-state index contributed by atoms with van der Waals surface area (Å²) in [6.45, 7) is 3.45. The van der Waals surface area contributed by atoms with E-state index in [2.05, 4.69) is 20.0 Å². The highest BCUT2D eigenvalue weighted by Gasteiger charge is 2.19. The zero-order valence-electron chi connectivity index (χ0n) is 21.8. The molecular formula is C27H26FN5O5S2. The third-order valence-corrected chi connectivity index (χ3v) is 8.17. The van der Waals surface area contributed by atoms with Crippen LogP contribution in [0.3, 0.4) is 0 Å². The molecule has 1 heterocycles. The third-order valence-electron chi connectivity index (χ3n) is 5.69. The van der Waals surface area contributed by atoms with Crippen LogP contribution in [0.5, 0.6) is 0 Å². The van der Waals surface area contributed by atoms with Gasteiger partial charge in [-0.25, -0.2) is 35.9 Å². The third kappa shape index (κ3) is 7.18. The summed E-state index contributed by atoms with van der Waals surface area (Å²) in [6.07, 6.45) is 1.06. The van der Waals surface area contributed by atoms with Crippen molar-refractivity contribution in [1.82, 2.24) is 9.97 Å². The zero-order chi connectivity index (χ0) is 29.1. The number of carbonyl (C=O) groups excluding carboxylic acids is 1. The van der Waals surface area contributed by atoms with Crippen LogP contribution in [0.1, 0.15) is 27.3 Å². The van der Waals surface area contributed by atoms with Crippen molar-refractivity contribution in [1.29, 1.82) is 0 Å². The number of benzene rings is 3. The van der Waals surface area contributed by atoms with Gasteiger partial charge in [-0.1, -0.05) is 12.1 Å². The van der Waals surface area contributed by atoms with E-state index in [0.717, 1.165) is 10.6 Å². The monoisotopic (exact) mass is 583 g/mol. The van der Waals surface area contributed by atoms with Gasteiger partial charge in [0, 0.05) is 22.6 Å². The Kier molecular flexibility index (Phi) is 8.16. The average molecular weight is 584 g/mol. The first-order chi connectivity index (χ1) is 18.8. The number of halogens is 1. The molecule has 0 aliphatic carbocycles. The van der Waals surface area contributed by atoms with Gasteiger partial charge in [0.05, 0.1) is 23.4 Å². The summed E-state index contributed by atoms with van der Waals surface area (Å²) in [4.78, 5) is 20.9. The molecule has 4 rings (SSSR count). The molecule has 0 aliphatic rings. The normalized spacial score (nSPS) is 11.6. The van der Waals surface area contributed by atoms with Gasteiger partial charge in [-0.15, -0.1) is 0 Å². The number of nitrogens with one attached hydrogen (secondary N) is 2. The Morgan fingerprint density at radius 1 is 0.850 bits per heavy atom. The smallest absolute Gasteiger partial charge is 0.264 e. The van der Waals surface area contributed by atoms with Crippen molar-refractivity contribution in [3.05, 3.63) is 107 Å². The van der Waals surface area contributed by atoms with Crippen molar-refractivity contribution < 1.29 is 26.0 Å². The van der Waals surface area contributed by atoms with Crippen molar-refractivity contribution in [3.63, 3.8) is 0 Å². The van der Waals surface area contributed by atoms with E-state index in [1.54, 1.807) is 19.9 Å². The van der Waals surface area contributed by atoms with Crippen LogP contribution < -0.4 is 14.3 Å². The van der Waals surface area contributed by atoms with Gasteiger partial charge in [-0.2, -0.15) is 0 Å². The number of anilines is 3. The fourth-order valence-electron chi connectivity index (χ4n) is 3.81. The van der Waals surface area contributed by atoms with Crippen LogP contribution in [0.25, 0.3) is 0 Å². The van der Waals surface area contributed by atoms with Crippen molar-refractivity contribution in [3.8, 4) is 0 Å². The number of amides is 1. The number of aryl methyl sites for hydroxylation is 2. The van der Waals surface area contributed by atoms with E-state index in [9.17, 15) is 26.0 Å². The van der Waals surface area contributed by atoms with Crippen LogP contribution in [-0.2, 0) is 26.6 Å². The molecule has 2 N–H and O–H groups in total. The van der Waals surface area contributed by atoms with Gasteiger partial charge < -0.3 is 5.32 Å². The second-order valence-corrected chi connectivity index (χ2v) is 12.6. The summed E-state index contributed by atoms with van der Waals surface area (Å²) in [6, 6.07) is 18.7. The van der Waals surface area contributed by atoms with E-state index in [-0.39, 0.29) is 23.0 Å². The molecular weight excluding hydrogens is 557 g/mol. The molecule has 4 aromatic rings. The van der Waals surface area contributed by atoms with Crippen LogP contribution >= 0.6 is 0 Å². The van der Waals surface area contributed by atoms with Crippen molar-refractivity contribution in [2.24, 2.45) is 0 Å². The number of sulfonamides is 2. The minimum absolute atomic E-state index is 0.00954. The minimum Gasteiger partial charge on any atom is -0.322 e. The Bertz CT molecular complexity index is 1720. The lowest BCUT2D eigenvalue weighted by Gasteiger charge is -2.22. The molecule has 208 valence electrons. The number of hydrogen-bond acceptors (Lipinski definition) is 7. The van der Waals surface area contributed by atoms with Gasteiger partial charge in [-0.3, -0.25) is 9.10 Å². The van der Waals surface area contributed by atoms with Crippen LogP contribution in [0.2, 0.25) is 0 Å². The molecule has 0 atom stereocenters. The lowest BCUT2D eigenvalue weighted by molar-refractivity contribution is 0.102. The lowest BCUT2D eigenvalue weighted by atomic mass is 10.1. The van der Waals surface area contributed by atoms with Gasteiger partial charge in [0.15, 0.2) is 0 Å². The molecule has 40 heavy (non-hydrogen) atoms. The fraction of sp³-hybridized carbons (Fsp3) is 0.148. The number of nitrogens with zero attached hydrogens (tertiary/aromatic N) is 3. The number of carbonyl (C=O) groups is 1. The summed E-state index contributed by atoms with van der Waals surface area (Å²) in [5, 5.41) is 2.68. The fourth-order valence-corrected chi connectivity index (χ4v) is 5.64. The maximum atomic E-state index is 13.2. The van der Waals surface area contributed by atoms with Gasteiger partial charge >= 0.3 is 0 Å². The molecule has 0 saturated heterocycles. The standard InChI is InChI=1S/C27H26FN5O5S2/c1-18-16-19(2)30-27(29-18)32-40(37,38)25-14-10-23(11-15-25)31-26(34)21-6-12-24(13-7-21)33(39(3,35)36)17-20-4-8-22(28)9-5-20/h4-16H,17H2,1-3H3,(H,31,34)(H,29,30,32). The van der Waals surface area contributed by atoms with Gasteiger partial charge in [0.1, 0.15) is 5.82 Å². The van der Waals surface area contributed by atoms with E-state index in [4.69, 9.17) is 0 Å². The van der Waals surface area contributed by atoms with Crippen molar-refractivity contribution >= 4 is 43.3 Å². The Labute approximate surface area is 232 Å². The molecule has 13 heteroatoms. The quantitative estimate of drug-likeness (QED) is 0.300. The zero-order valence-corrected chi connectivity index (χ0v) is 23.4. The summed E-state index contributed by atoms with van der Waals surface area (Å²) >= 11 is 0. The second kappa shape index (κ2) is 11.4. The highest BCUT2D eigenvalue weighted by molar-refractivity contribution is 7.92. The Balaban J connectivity index is 1.45. The topological polar surface area (TPSA) is 138 Å². The molecule has 0 aliphatic heterocycles. The van der Waals surface area contributed by atoms with Gasteiger partial charge in [-0.05, 0) is 86.1 Å². The molecule has 0 radical (unpaired) electrons. The predicted octanol–water partition coefficient (Wildman–Crippen LogP) is 4.25. The summed E-state index contributed by atoms with van der Waals surface area (Å²) in [7, 11) is -7.63. The molecule has 0 bridgehead atoms. The highest BCUT2D eigenvalue weighted by atomic mass is 32.2. The molecule has 1 amide bonds. The van der Waals surface area contributed by atoms with E-state index >= 15 is 0 Å². The first kappa shape index (κ1) is 28.6. The largest absolute Gasteiger partial charge is 0.322 e. The molecule has 0 fully saturated rings. The minimum atomic E-state index is -3.95. The van der Waals surface area contributed by atoms with Crippen molar-refractivity contribution in [2.45, 2.75) is 25.3 Å². The Hall–Kier alpha value is -4.36. The van der Waals surface area contributed by atoms with Gasteiger partial charge in [0.25, 0.3) is 15.9 Å².